The minimum atomic E-state index is -0.146. The van der Waals surface area contributed by atoms with E-state index in [4.69, 9.17) is 21.1 Å². The Balaban J connectivity index is 1.86. The minimum Gasteiger partial charge on any atom is -0.495 e. The summed E-state index contributed by atoms with van der Waals surface area (Å²) in [5.41, 5.74) is 2.92. The van der Waals surface area contributed by atoms with Crippen molar-refractivity contribution in [2.75, 3.05) is 26.1 Å². The summed E-state index contributed by atoms with van der Waals surface area (Å²) in [6, 6.07) is 11.7. The molecule has 0 bridgehead atoms. The summed E-state index contributed by atoms with van der Waals surface area (Å²) in [6.45, 7) is 2.79. The maximum absolute atomic E-state index is 13.2. The number of rotatable bonds is 4. The SMILES string of the molecule is COc1cc(OC)c(NC(=O)N2CCCCC[C@H]2c2ccc(C)cc2)cc1Cl. The molecule has 6 heteroatoms. The van der Waals surface area contributed by atoms with Crippen molar-refractivity contribution in [3.63, 3.8) is 0 Å². The summed E-state index contributed by atoms with van der Waals surface area (Å²) in [4.78, 5) is 15.1. The fraction of sp³-hybridized carbons (Fsp3) is 0.409. The number of likely N-dealkylation sites (tertiary alicyclic amines) is 1. The van der Waals surface area contributed by atoms with Gasteiger partial charge in [0.05, 0.1) is 31.0 Å². The first kappa shape index (κ1) is 20.3. The van der Waals surface area contributed by atoms with Crippen molar-refractivity contribution in [3.8, 4) is 11.5 Å². The zero-order valence-corrected chi connectivity index (χ0v) is 17.4. The predicted molar refractivity (Wildman–Crippen MR) is 113 cm³/mol. The molecule has 28 heavy (non-hydrogen) atoms. The second-order valence-electron chi connectivity index (χ2n) is 7.09. The first-order chi connectivity index (χ1) is 13.5. The molecule has 150 valence electrons. The van der Waals surface area contributed by atoms with Crippen LogP contribution in [-0.4, -0.2) is 31.7 Å². The molecular formula is C22H27ClN2O3. The number of carbonyl (C=O) groups is 1. The number of methoxy groups -OCH3 is 2. The van der Waals surface area contributed by atoms with Crippen LogP contribution in [0.1, 0.15) is 42.9 Å². The maximum atomic E-state index is 13.2. The molecule has 2 aromatic carbocycles. The number of amides is 2. The molecule has 0 aliphatic carbocycles. The van der Waals surface area contributed by atoms with Gasteiger partial charge in [0.15, 0.2) is 0 Å². The molecule has 1 fully saturated rings. The smallest absolute Gasteiger partial charge is 0.322 e. The van der Waals surface area contributed by atoms with Crippen molar-refractivity contribution in [2.24, 2.45) is 0 Å². The third-order valence-electron chi connectivity index (χ3n) is 5.19. The molecule has 0 saturated carbocycles. The second-order valence-corrected chi connectivity index (χ2v) is 7.49. The third-order valence-corrected chi connectivity index (χ3v) is 5.49. The minimum absolute atomic E-state index is 0.0582. The molecule has 1 saturated heterocycles. The van der Waals surface area contributed by atoms with Crippen molar-refractivity contribution >= 4 is 23.3 Å². The van der Waals surface area contributed by atoms with Crippen molar-refractivity contribution in [2.45, 2.75) is 38.6 Å². The van der Waals surface area contributed by atoms with Gasteiger partial charge in [0, 0.05) is 12.6 Å². The highest BCUT2D eigenvalue weighted by atomic mass is 35.5. The standard InChI is InChI=1S/C22H27ClN2O3/c1-15-8-10-16(11-9-15)19-7-5-4-6-12-25(19)22(26)24-18-13-17(23)20(27-2)14-21(18)28-3/h8-11,13-14,19H,4-7,12H2,1-3H3,(H,24,26)/t19-/m0/s1. The average molecular weight is 403 g/mol. The maximum Gasteiger partial charge on any atom is 0.322 e. The fourth-order valence-corrected chi connectivity index (χ4v) is 3.87. The molecule has 1 heterocycles. The molecule has 0 unspecified atom stereocenters. The Morgan fingerprint density at radius 2 is 1.79 bits per heavy atom. The highest BCUT2D eigenvalue weighted by Gasteiger charge is 2.27. The van der Waals surface area contributed by atoms with Crippen LogP contribution in [-0.2, 0) is 0 Å². The molecule has 1 aliphatic rings. The van der Waals surface area contributed by atoms with Gasteiger partial charge in [-0.25, -0.2) is 4.79 Å². The van der Waals surface area contributed by atoms with E-state index >= 15 is 0 Å². The van der Waals surface area contributed by atoms with Crippen LogP contribution in [0.3, 0.4) is 0 Å². The van der Waals surface area contributed by atoms with E-state index in [1.807, 2.05) is 4.90 Å². The van der Waals surface area contributed by atoms with Gasteiger partial charge in [0.2, 0.25) is 0 Å². The number of ether oxygens (including phenoxy) is 2. The molecule has 0 spiro atoms. The summed E-state index contributed by atoms with van der Waals surface area (Å²) in [5.74, 6) is 1.01. The van der Waals surface area contributed by atoms with Crippen LogP contribution in [0.25, 0.3) is 0 Å². The van der Waals surface area contributed by atoms with Crippen molar-refractivity contribution in [3.05, 3.63) is 52.5 Å². The summed E-state index contributed by atoms with van der Waals surface area (Å²) in [5, 5.41) is 3.41. The van der Waals surface area contributed by atoms with Gasteiger partial charge < -0.3 is 19.7 Å². The molecule has 1 N–H and O–H groups in total. The lowest BCUT2D eigenvalue weighted by atomic mass is 10.00. The zero-order valence-electron chi connectivity index (χ0n) is 16.6. The largest absolute Gasteiger partial charge is 0.495 e. The summed E-state index contributed by atoms with van der Waals surface area (Å²) in [7, 11) is 3.10. The van der Waals surface area contributed by atoms with Crippen LogP contribution in [0.2, 0.25) is 5.02 Å². The van der Waals surface area contributed by atoms with Gasteiger partial charge in [-0.15, -0.1) is 0 Å². The highest BCUT2D eigenvalue weighted by molar-refractivity contribution is 6.32. The predicted octanol–water partition coefficient (Wildman–Crippen LogP) is 5.81. The topological polar surface area (TPSA) is 50.8 Å². The fourth-order valence-electron chi connectivity index (χ4n) is 3.63. The van der Waals surface area contributed by atoms with E-state index in [0.717, 1.165) is 32.2 Å². The van der Waals surface area contributed by atoms with Gasteiger partial charge in [-0.1, -0.05) is 54.3 Å². The molecule has 1 aliphatic heterocycles. The monoisotopic (exact) mass is 402 g/mol. The molecular weight excluding hydrogens is 376 g/mol. The number of halogens is 1. The van der Waals surface area contributed by atoms with Crippen LogP contribution >= 0.6 is 11.6 Å². The molecule has 0 aromatic heterocycles. The molecule has 1 atom stereocenters. The van der Waals surface area contributed by atoms with E-state index in [9.17, 15) is 4.79 Å². The third kappa shape index (κ3) is 4.53. The number of anilines is 1. The number of aryl methyl sites for hydroxylation is 1. The number of urea groups is 1. The number of nitrogens with one attached hydrogen (secondary N) is 1. The van der Waals surface area contributed by atoms with Crippen LogP contribution in [0.5, 0.6) is 11.5 Å². The molecule has 0 radical (unpaired) electrons. The molecule has 5 nitrogen and oxygen atoms in total. The van der Waals surface area contributed by atoms with Crippen LogP contribution in [0, 0.1) is 6.92 Å². The number of carbonyl (C=O) groups excluding carboxylic acids is 1. The zero-order chi connectivity index (χ0) is 20.1. The Kier molecular flexibility index (Phi) is 6.68. The van der Waals surface area contributed by atoms with Gasteiger partial charge in [0.25, 0.3) is 0 Å². The van der Waals surface area contributed by atoms with Crippen LogP contribution in [0.15, 0.2) is 36.4 Å². The Morgan fingerprint density at radius 1 is 1.07 bits per heavy atom. The summed E-state index contributed by atoms with van der Waals surface area (Å²) < 4.78 is 10.6. The van der Waals surface area contributed by atoms with Gasteiger partial charge in [-0.2, -0.15) is 0 Å². The number of hydrogen-bond acceptors (Lipinski definition) is 3. The Labute approximate surface area is 171 Å². The first-order valence-corrected chi connectivity index (χ1v) is 9.97. The lowest BCUT2D eigenvalue weighted by Gasteiger charge is -2.31. The summed E-state index contributed by atoms with van der Waals surface area (Å²) in [6.07, 6.45) is 4.19. The van der Waals surface area contributed by atoms with Gasteiger partial charge in [-0.05, 0) is 31.4 Å². The first-order valence-electron chi connectivity index (χ1n) is 9.59. The lowest BCUT2D eigenvalue weighted by Crippen LogP contribution is -2.38. The Hall–Kier alpha value is -2.40. The quantitative estimate of drug-likeness (QED) is 0.701. The van der Waals surface area contributed by atoms with E-state index < -0.39 is 0 Å². The second kappa shape index (κ2) is 9.20. The summed E-state index contributed by atoms with van der Waals surface area (Å²) >= 11 is 6.25. The van der Waals surface area contributed by atoms with Gasteiger partial charge in [-0.3, -0.25) is 0 Å². The average Bonchev–Trinajstić information content (AvgIpc) is 2.95. The molecule has 3 rings (SSSR count). The number of benzene rings is 2. The van der Waals surface area contributed by atoms with E-state index in [0.29, 0.717) is 22.2 Å². The lowest BCUT2D eigenvalue weighted by molar-refractivity contribution is 0.189. The van der Waals surface area contributed by atoms with Gasteiger partial charge in [0.1, 0.15) is 11.5 Å². The van der Waals surface area contributed by atoms with Crippen molar-refractivity contribution in [1.82, 2.24) is 4.90 Å². The van der Waals surface area contributed by atoms with E-state index in [1.165, 1.54) is 11.1 Å². The highest BCUT2D eigenvalue weighted by Crippen LogP contribution is 2.37. The molecule has 2 amide bonds. The van der Waals surface area contributed by atoms with E-state index in [-0.39, 0.29) is 12.1 Å². The number of hydrogen-bond donors (Lipinski definition) is 1. The van der Waals surface area contributed by atoms with Crippen LogP contribution in [0.4, 0.5) is 10.5 Å². The van der Waals surface area contributed by atoms with Crippen molar-refractivity contribution < 1.29 is 14.3 Å². The number of nitrogens with zero attached hydrogens (tertiary/aromatic N) is 1. The Morgan fingerprint density at radius 3 is 2.46 bits per heavy atom. The molecule has 2 aromatic rings. The van der Waals surface area contributed by atoms with Crippen LogP contribution < -0.4 is 14.8 Å². The van der Waals surface area contributed by atoms with E-state index in [2.05, 4.69) is 36.5 Å². The van der Waals surface area contributed by atoms with Crippen molar-refractivity contribution in [1.29, 1.82) is 0 Å². The normalized spacial score (nSPS) is 17.0. The Bertz CT molecular complexity index is 823. The van der Waals surface area contributed by atoms with Gasteiger partial charge >= 0.3 is 6.03 Å². The van der Waals surface area contributed by atoms with E-state index in [1.54, 1.807) is 26.4 Å².